The van der Waals surface area contributed by atoms with Gasteiger partial charge in [-0.1, -0.05) is 0 Å². The minimum Gasteiger partial charge on any atom is -0.381 e. The fraction of sp³-hybridized carbons (Fsp3) is 0.765. The summed E-state index contributed by atoms with van der Waals surface area (Å²) < 4.78 is 7.70. The highest BCUT2D eigenvalue weighted by atomic mass is 16.5. The van der Waals surface area contributed by atoms with E-state index >= 15 is 0 Å². The fourth-order valence-corrected chi connectivity index (χ4v) is 3.76. The Morgan fingerprint density at radius 1 is 1.23 bits per heavy atom. The van der Waals surface area contributed by atoms with Crippen LogP contribution in [-0.4, -0.2) is 46.7 Å². The molecular formula is C17H25N3O2. The molecule has 4 rings (SSSR count). The Balaban J connectivity index is 1.35. The molecule has 22 heavy (non-hydrogen) atoms. The van der Waals surface area contributed by atoms with Gasteiger partial charge in [0.1, 0.15) is 5.82 Å². The van der Waals surface area contributed by atoms with Crippen molar-refractivity contribution in [2.24, 2.45) is 11.8 Å². The molecule has 0 aromatic carbocycles. The number of hydrogen-bond acceptors (Lipinski definition) is 3. The summed E-state index contributed by atoms with van der Waals surface area (Å²) in [5.41, 5.74) is 0. The average molecular weight is 303 g/mol. The largest absolute Gasteiger partial charge is 0.381 e. The van der Waals surface area contributed by atoms with Crippen LogP contribution in [0.25, 0.3) is 0 Å². The lowest BCUT2D eigenvalue weighted by Gasteiger charge is -2.33. The highest BCUT2D eigenvalue weighted by molar-refractivity contribution is 5.79. The maximum absolute atomic E-state index is 12.4. The molecule has 1 aromatic heterocycles. The second-order valence-corrected chi connectivity index (χ2v) is 7.04. The molecular weight excluding hydrogens is 278 g/mol. The lowest BCUT2D eigenvalue weighted by Crippen LogP contribution is -2.41. The van der Waals surface area contributed by atoms with E-state index < -0.39 is 0 Å². The van der Waals surface area contributed by atoms with Crippen molar-refractivity contribution in [1.29, 1.82) is 0 Å². The van der Waals surface area contributed by atoms with Gasteiger partial charge in [0.05, 0.1) is 12.5 Å². The van der Waals surface area contributed by atoms with Crippen LogP contribution in [0.5, 0.6) is 0 Å². The molecule has 1 aromatic rings. The zero-order valence-electron chi connectivity index (χ0n) is 13.1. The maximum atomic E-state index is 12.4. The SMILES string of the molecule is O=C([C@H]1CCOC1)N1CCC(c2nccn2CC2CC2)CC1. The quantitative estimate of drug-likeness (QED) is 0.855. The van der Waals surface area contributed by atoms with Crippen molar-refractivity contribution in [3.8, 4) is 0 Å². The van der Waals surface area contributed by atoms with E-state index in [1.54, 1.807) is 0 Å². The summed E-state index contributed by atoms with van der Waals surface area (Å²) in [6.45, 7) is 4.23. The number of carbonyl (C=O) groups excluding carboxylic acids is 1. The summed E-state index contributed by atoms with van der Waals surface area (Å²) in [5, 5.41) is 0. The molecule has 2 saturated heterocycles. The van der Waals surface area contributed by atoms with Crippen molar-refractivity contribution in [1.82, 2.24) is 14.5 Å². The van der Waals surface area contributed by atoms with E-state index in [1.165, 1.54) is 18.7 Å². The predicted octanol–water partition coefficient (Wildman–Crippen LogP) is 2.04. The van der Waals surface area contributed by atoms with Gasteiger partial charge in [-0.25, -0.2) is 4.98 Å². The Morgan fingerprint density at radius 3 is 2.73 bits per heavy atom. The van der Waals surface area contributed by atoms with Gasteiger partial charge in [-0.05, 0) is 38.0 Å². The van der Waals surface area contributed by atoms with Crippen LogP contribution < -0.4 is 0 Å². The predicted molar refractivity (Wildman–Crippen MR) is 82.4 cm³/mol. The normalized spacial score (nSPS) is 26.5. The topological polar surface area (TPSA) is 47.4 Å². The van der Waals surface area contributed by atoms with Gasteiger partial charge >= 0.3 is 0 Å². The van der Waals surface area contributed by atoms with Crippen LogP contribution >= 0.6 is 0 Å². The van der Waals surface area contributed by atoms with Crippen LogP contribution in [0.15, 0.2) is 12.4 Å². The third-order valence-electron chi connectivity index (χ3n) is 5.35. The van der Waals surface area contributed by atoms with E-state index in [4.69, 9.17) is 4.74 Å². The van der Waals surface area contributed by atoms with E-state index in [0.717, 1.165) is 51.4 Å². The molecule has 5 heteroatoms. The molecule has 0 radical (unpaired) electrons. The zero-order chi connectivity index (χ0) is 14.9. The summed E-state index contributed by atoms with van der Waals surface area (Å²) in [5.74, 6) is 3.03. The molecule has 0 unspecified atom stereocenters. The summed E-state index contributed by atoms with van der Waals surface area (Å²) in [7, 11) is 0. The Kier molecular flexibility index (Phi) is 3.90. The summed E-state index contributed by atoms with van der Waals surface area (Å²) >= 11 is 0. The highest BCUT2D eigenvalue weighted by Gasteiger charge is 2.32. The molecule has 3 aliphatic rings. The molecule has 1 atom stereocenters. The van der Waals surface area contributed by atoms with E-state index in [-0.39, 0.29) is 5.92 Å². The number of piperidine rings is 1. The molecule has 3 heterocycles. The zero-order valence-corrected chi connectivity index (χ0v) is 13.1. The number of hydrogen-bond donors (Lipinski definition) is 0. The summed E-state index contributed by atoms with van der Waals surface area (Å²) in [6, 6.07) is 0. The van der Waals surface area contributed by atoms with Crippen molar-refractivity contribution >= 4 is 5.91 Å². The molecule has 2 aliphatic heterocycles. The van der Waals surface area contributed by atoms with Gasteiger partial charge in [-0.15, -0.1) is 0 Å². The average Bonchev–Trinajstić information content (AvgIpc) is 3.04. The van der Waals surface area contributed by atoms with Gasteiger partial charge in [0.15, 0.2) is 0 Å². The van der Waals surface area contributed by atoms with Gasteiger partial charge in [0.25, 0.3) is 0 Å². The second kappa shape index (κ2) is 6.03. The summed E-state index contributed by atoms with van der Waals surface area (Å²) in [6.07, 6.45) is 9.78. The van der Waals surface area contributed by atoms with Crippen molar-refractivity contribution in [3.63, 3.8) is 0 Å². The Morgan fingerprint density at radius 2 is 2.05 bits per heavy atom. The van der Waals surface area contributed by atoms with Gasteiger partial charge in [-0.2, -0.15) is 0 Å². The van der Waals surface area contributed by atoms with Crippen LogP contribution in [0, 0.1) is 11.8 Å². The monoisotopic (exact) mass is 303 g/mol. The molecule has 0 N–H and O–H groups in total. The first-order chi connectivity index (χ1) is 10.8. The van der Waals surface area contributed by atoms with Gasteiger partial charge in [0, 0.05) is 44.6 Å². The van der Waals surface area contributed by atoms with Gasteiger partial charge in [-0.3, -0.25) is 4.79 Å². The standard InChI is InChI=1S/C17H25N3O2/c21-17(15-5-10-22-12-15)19-7-3-14(4-8-19)16-18-6-9-20(16)11-13-1-2-13/h6,9,13-15H,1-5,7-8,10-12H2/t15-/m0/s1. The minimum atomic E-state index is 0.105. The Labute approximate surface area is 131 Å². The lowest BCUT2D eigenvalue weighted by atomic mass is 9.94. The highest BCUT2D eigenvalue weighted by Crippen LogP contribution is 2.33. The van der Waals surface area contributed by atoms with Crippen molar-refractivity contribution in [2.75, 3.05) is 26.3 Å². The van der Waals surface area contributed by atoms with E-state index in [2.05, 4.69) is 15.7 Å². The van der Waals surface area contributed by atoms with Crippen LogP contribution in [0.2, 0.25) is 0 Å². The third-order valence-corrected chi connectivity index (χ3v) is 5.35. The molecule has 120 valence electrons. The molecule has 1 saturated carbocycles. The first kappa shape index (κ1) is 14.2. The molecule has 3 fully saturated rings. The number of nitrogens with zero attached hydrogens (tertiary/aromatic N) is 3. The van der Waals surface area contributed by atoms with Crippen molar-refractivity contribution < 1.29 is 9.53 Å². The minimum absolute atomic E-state index is 0.105. The van der Waals surface area contributed by atoms with Gasteiger partial charge < -0.3 is 14.2 Å². The second-order valence-electron chi connectivity index (χ2n) is 7.04. The van der Waals surface area contributed by atoms with E-state index in [0.29, 0.717) is 18.4 Å². The van der Waals surface area contributed by atoms with Crippen LogP contribution in [0.4, 0.5) is 0 Å². The smallest absolute Gasteiger partial charge is 0.228 e. The van der Waals surface area contributed by atoms with Crippen molar-refractivity contribution in [3.05, 3.63) is 18.2 Å². The maximum Gasteiger partial charge on any atom is 0.228 e. The van der Waals surface area contributed by atoms with Crippen LogP contribution in [0.3, 0.4) is 0 Å². The first-order valence-corrected chi connectivity index (χ1v) is 8.69. The van der Waals surface area contributed by atoms with Crippen LogP contribution in [-0.2, 0) is 16.1 Å². The fourth-order valence-electron chi connectivity index (χ4n) is 3.76. The van der Waals surface area contributed by atoms with Gasteiger partial charge in [0.2, 0.25) is 5.91 Å². The number of likely N-dealkylation sites (tertiary alicyclic amines) is 1. The summed E-state index contributed by atoms with van der Waals surface area (Å²) in [4.78, 5) is 19.1. The molecule has 0 spiro atoms. The van der Waals surface area contributed by atoms with E-state index in [1.807, 2.05) is 11.1 Å². The number of imidazole rings is 1. The number of amides is 1. The third kappa shape index (κ3) is 2.91. The number of ether oxygens (including phenoxy) is 1. The first-order valence-electron chi connectivity index (χ1n) is 8.69. The number of rotatable bonds is 4. The Bertz CT molecular complexity index is 524. The molecule has 0 bridgehead atoms. The number of aromatic nitrogens is 2. The molecule has 5 nitrogen and oxygen atoms in total. The van der Waals surface area contributed by atoms with Crippen LogP contribution in [0.1, 0.15) is 43.8 Å². The lowest BCUT2D eigenvalue weighted by molar-refractivity contribution is -0.136. The van der Waals surface area contributed by atoms with E-state index in [9.17, 15) is 4.79 Å². The number of carbonyl (C=O) groups is 1. The molecule has 1 aliphatic carbocycles. The molecule has 1 amide bonds. The van der Waals surface area contributed by atoms with Crippen molar-refractivity contribution in [2.45, 2.75) is 44.6 Å². The Hall–Kier alpha value is -1.36.